The van der Waals surface area contributed by atoms with Crippen molar-refractivity contribution in [2.24, 2.45) is 0 Å². The molecule has 0 aliphatic heterocycles. The van der Waals surface area contributed by atoms with Crippen molar-refractivity contribution in [2.45, 2.75) is 6.92 Å². The molecule has 0 aliphatic carbocycles. The second-order valence-corrected chi connectivity index (χ2v) is 6.63. The van der Waals surface area contributed by atoms with Crippen molar-refractivity contribution in [1.29, 1.82) is 0 Å². The number of rotatable bonds is 8. The SMILES string of the molecule is COc1ccc(NC(C)=O)cc1NCC(=O)N(C)CC(=O)Nc1ccccc1Cl. The average molecular weight is 419 g/mol. The second kappa shape index (κ2) is 10.3. The highest BCUT2D eigenvalue weighted by Gasteiger charge is 2.15. The lowest BCUT2D eigenvalue weighted by molar-refractivity contribution is -0.131. The van der Waals surface area contributed by atoms with Crippen LogP contribution in [0.4, 0.5) is 17.1 Å². The molecule has 9 heteroatoms. The maximum absolute atomic E-state index is 12.4. The monoisotopic (exact) mass is 418 g/mol. The molecule has 0 spiro atoms. The molecule has 0 bridgehead atoms. The molecule has 0 saturated carbocycles. The Kier molecular flexibility index (Phi) is 7.85. The first-order valence-corrected chi connectivity index (χ1v) is 9.15. The number of amides is 3. The molecule has 0 radical (unpaired) electrons. The molecule has 2 aromatic carbocycles. The van der Waals surface area contributed by atoms with E-state index in [0.29, 0.717) is 27.8 Å². The summed E-state index contributed by atoms with van der Waals surface area (Å²) in [5.74, 6) is -0.349. The summed E-state index contributed by atoms with van der Waals surface area (Å²) in [4.78, 5) is 37.1. The summed E-state index contributed by atoms with van der Waals surface area (Å²) in [5.41, 5.74) is 1.60. The van der Waals surface area contributed by atoms with E-state index in [2.05, 4.69) is 16.0 Å². The van der Waals surface area contributed by atoms with Gasteiger partial charge in [-0.25, -0.2) is 0 Å². The largest absolute Gasteiger partial charge is 0.495 e. The number of carbonyl (C=O) groups is 3. The topological polar surface area (TPSA) is 99.8 Å². The fourth-order valence-corrected chi connectivity index (χ4v) is 2.67. The number of benzene rings is 2. The van der Waals surface area contributed by atoms with Crippen molar-refractivity contribution in [2.75, 3.05) is 43.2 Å². The predicted molar refractivity (Wildman–Crippen MR) is 114 cm³/mol. The number of likely N-dealkylation sites (N-methyl/N-ethyl adjacent to an activating group) is 1. The maximum atomic E-state index is 12.4. The molecule has 0 aliphatic rings. The number of methoxy groups -OCH3 is 1. The highest BCUT2D eigenvalue weighted by Crippen LogP contribution is 2.27. The molecular formula is C20H23ClN4O4. The number of hydrogen-bond acceptors (Lipinski definition) is 5. The molecule has 3 amide bonds. The molecular weight excluding hydrogens is 396 g/mol. The van der Waals surface area contributed by atoms with Crippen LogP contribution in [-0.2, 0) is 14.4 Å². The number of carbonyl (C=O) groups excluding carboxylic acids is 3. The fourth-order valence-electron chi connectivity index (χ4n) is 2.49. The number of nitrogens with one attached hydrogen (secondary N) is 3. The molecule has 2 rings (SSSR count). The normalized spacial score (nSPS) is 10.1. The molecule has 0 unspecified atom stereocenters. The van der Waals surface area contributed by atoms with Crippen LogP contribution in [0.15, 0.2) is 42.5 Å². The quantitative estimate of drug-likeness (QED) is 0.612. The zero-order valence-corrected chi connectivity index (χ0v) is 17.2. The number of para-hydroxylation sites is 1. The summed E-state index contributed by atoms with van der Waals surface area (Å²) in [6.07, 6.45) is 0. The van der Waals surface area contributed by atoms with Crippen LogP contribution in [0.25, 0.3) is 0 Å². The van der Waals surface area contributed by atoms with Crippen LogP contribution in [0.1, 0.15) is 6.92 Å². The lowest BCUT2D eigenvalue weighted by Crippen LogP contribution is -2.38. The Morgan fingerprint density at radius 3 is 2.45 bits per heavy atom. The van der Waals surface area contributed by atoms with Crippen LogP contribution in [0.2, 0.25) is 5.02 Å². The van der Waals surface area contributed by atoms with Gasteiger partial charge in [-0.1, -0.05) is 23.7 Å². The highest BCUT2D eigenvalue weighted by molar-refractivity contribution is 6.33. The van der Waals surface area contributed by atoms with E-state index in [9.17, 15) is 14.4 Å². The Morgan fingerprint density at radius 2 is 1.79 bits per heavy atom. The van der Waals surface area contributed by atoms with Gasteiger partial charge in [-0.2, -0.15) is 0 Å². The molecule has 0 saturated heterocycles. The molecule has 2 aromatic rings. The summed E-state index contributed by atoms with van der Waals surface area (Å²) in [6.45, 7) is 1.22. The van der Waals surface area contributed by atoms with Crippen LogP contribution in [0, 0.1) is 0 Å². The lowest BCUT2D eigenvalue weighted by Gasteiger charge is -2.19. The molecule has 3 N–H and O–H groups in total. The van der Waals surface area contributed by atoms with Gasteiger partial charge in [-0.3, -0.25) is 14.4 Å². The number of halogens is 1. The van der Waals surface area contributed by atoms with Gasteiger partial charge in [0.05, 0.1) is 36.6 Å². The molecule has 0 fully saturated rings. The predicted octanol–water partition coefficient (Wildman–Crippen LogP) is 2.82. The van der Waals surface area contributed by atoms with Gasteiger partial charge in [0.1, 0.15) is 5.75 Å². The third kappa shape index (κ3) is 6.69. The van der Waals surface area contributed by atoms with Crippen molar-refractivity contribution >= 4 is 46.4 Å². The highest BCUT2D eigenvalue weighted by atomic mass is 35.5. The molecule has 8 nitrogen and oxygen atoms in total. The first kappa shape index (κ1) is 22.0. The smallest absolute Gasteiger partial charge is 0.244 e. The Balaban J connectivity index is 1.93. The molecule has 0 heterocycles. The summed E-state index contributed by atoms with van der Waals surface area (Å²) in [7, 11) is 3.03. The van der Waals surface area contributed by atoms with Gasteiger partial charge >= 0.3 is 0 Å². The Morgan fingerprint density at radius 1 is 1.07 bits per heavy atom. The van der Waals surface area contributed by atoms with Crippen molar-refractivity contribution in [1.82, 2.24) is 4.90 Å². The zero-order valence-electron chi connectivity index (χ0n) is 16.4. The number of ether oxygens (including phenoxy) is 1. The Hall–Kier alpha value is -3.26. The number of anilines is 3. The van der Waals surface area contributed by atoms with Crippen LogP contribution in [0.5, 0.6) is 5.75 Å². The van der Waals surface area contributed by atoms with Gasteiger partial charge in [0, 0.05) is 19.7 Å². The lowest BCUT2D eigenvalue weighted by atomic mass is 10.2. The summed E-state index contributed by atoms with van der Waals surface area (Å²) >= 11 is 6.01. The van der Waals surface area contributed by atoms with Crippen molar-refractivity contribution in [3.63, 3.8) is 0 Å². The number of nitrogens with zero attached hydrogens (tertiary/aromatic N) is 1. The summed E-state index contributed by atoms with van der Waals surface area (Å²) in [6, 6.07) is 11.9. The van der Waals surface area contributed by atoms with Gasteiger partial charge in [-0.05, 0) is 30.3 Å². The van der Waals surface area contributed by atoms with Gasteiger partial charge in [0.15, 0.2) is 0 Å². The average Bonchev–Trinajstić information content (AvgIpc) is 2.67. The first-order chi connectivity index (χ1) is 13.8. The van der Waals surface area contributed by atoms with E-state index in [4.69, 9.17) is 16.3 Å². The Labute approximate surface area is 174 Å². The van der Waals surface area contributed by atoms with Crippen LogP contribution < -0.4 is 20.7 Å². The fraction of sp³-hybridized carbons (Fsp3) is 0.250. The summed E-state index contributed by atoms with van der Waals surface area (Å²) in [5, 5.41) is 8.72. The van der Waals surface area contributed by atoms with E-state index in [-0.39, 0.29) is 30.8 Å². The van der Waals surface area contributed by atoms with Gasteiger partial charge in [-0.15, -0.1) is 0 Å². The molecule has 154 valence electrons. The zero-order chi connectivity index (χ0) is 21.4. The van der Waals surface area contributed by atoms with Crippen molar-refractivity contribution in [3.8, 4) is 5.75 Å². The Bertz CT molecular complexity index is 904. The van der Waals surface area contributed by atoms with Gasteiger partial charge in [0.25, 0.3) is 0 Å². The third-order valence-corrected chi connectivity index (χ3v) is 4.23. The summed E-state index contributed by atoms with van der Waals surface area (Å²) < 4.78 is 5.26. The minimum atomic E-state index is -0.362. The molecule has 0 aromatic heterocycles. The van der Waals surface area contributed by atoms with Gasteiger partial charge < -0.3 is 25.6 Å². The van der Waals surface area contributed by atoms with E-state index >= 15 is 0 Å². The van der Waals surface area contributed by atoms with E-state index in [1.807, 2.05) is 0 Å². The van der Waals surface area contributed by atoms with Gasteiger partial charge in [0.2, 0.25) is 17.7 Å². The molecule has 29 heavy (non-hydrogen) atoms. The van der Waals surface area contributed by atoms with E-state index in [1.54, 1.807) is 42.5 Å². The van der Waals surface area contributed by atoms with E-state index < -0.39 is 0 Å². The maximum Gasteiger partial charge on any atom is 0.244 e. The van der Waals surface area contributed by atoms with Crippen LogP contribution >= 0.6 is 11.6 Å². The number of hydrogen-bond donors (Lipinski definition) is 3. The minimum absolute atomic E-state index is 0.0598. The van der Waals surface area contributed by atoms with Crippen molar-refractivity contribution < 1.29 is 19.1 Å². The second-order valence-electron chi connectivity index (χ2n) is 6.23. The minimum Gasteiger partial charge on any atom is -0.495 e. The molecule has 0 atom stereocenters. The van der Waals surface area contributed by atoms with E-state index in [1.165, 1.54) is 26.0 Å². The van der Waals surface area contributed by atoms with Crippen LogP contribution in [-0.4, -0.2) is 49.9 Å². The first-order valence-electron chi connectivity index (χ1n) is 8.78. The standard InChI is InChI=1S/C20H23ClN4O4/c1-13(26)23-14-8-9-18(29-3)17(10-14)22-11-20(28)25(2)12-19(27)24-16-7-5-4-6-15(16)21/h4-10,22H,11-12H2,1-3H3,(H,23,26)(H,24,27). The third-order valence-electron chi connectivity index (χ3n) is 3.90. The van der Waals surface area contributed by atoms with E-state index in [0.717, 1.165) is 0 Å². The van der Waals surface area contributed by atoms with Crippen LogP contribution in [0.3, 0.4) is 0 Å². The van der Waals surface area contributed by atoms with Crippen molar-refractivity contribution in [3.05, 3.63) is 47.5 Å².